The molecule has 36 heavy (non-hydrogen) atoms. The molecule has 0 radical (unpaired) electrons. The van der Waals surface area contributed by atoms with Gasteiger partial charge >= 0.3 is 0 Å². The molecule has 1 aliphatic carbocycles. The van der Waals surface area contributed by atoms with Crippen LogP contribution in [0.5, 0.6) is 5.75 Å². The van der Waals surface area contributed by atoms with E-state index in [9.17, 15) is 5.26 Å². The van der Waals surface area contributed by atoms with Crippen molar-refractivity contribution in [1.82, 2.24) is 14.9 Å². The molecule has 1 saturated carbocycles. The number of aryl methyl sites for hydroxylation is 1. The summed E-state index contributed by atoms with van der Waals surface area (Å²) < 4.78 is 11.8. The van der Waals surface area contributed by atoms with Gasteiger partial charge in [-0.05, 0) is 86.0 Å². The highest BCUT2D eigenvalue weighted by atomic mass is 16.5. The van der Waals surface area contributed by atoms with Gasteiger partial charge in [-0.1, -0.05) is 13.0 Å². The largest absolute Gasteiger partial charge is 0.494 e. The number of rotatable bonds is 12. The smallest absolute Gasteiger partial charge is 0.225 e. The maximum atomic E-state index is 9.59. The fraction of sp³-hybridized carbons (Fsp3) is 0.621. The van der Waals surface area contributed by atoms with E-state index in [2.05, 4.69) is 32.8 Å². The van der Waals surface area contributed by atoms with Crippen molar-refractivity contribution in [2.24, 2.45) is 17.8 Å². The van der Waals surface area contributed by atoms with Gasteiger partial charge in [0.15, 0.2) is 0 Å². The van der Waals surface area contributed by atoms with Gasteiger partial charge in [0.1, 0.15) is 5.75 Å². The Morgan fingerprint density at radius 2 is 1.92 bits per heavy atom. The molecule has 0 N–H and O–H groups in total. The molecule has 0 spiro atoms. The van der Waals surface area contributed by atoms with Crippen LogP contribution in [-0.2, 0) is 17.6 Å². The number of aromatic nitrogens is 2. The molecule has 1 aromatic carbocycles. The number of benzene rings is 1. The summed E-state index contributed by atoms with van der Waals surface area (Å²) in [5.74, 6) is 4.12. The van der Waals surface area contributed by atoms with Crippen molar-refractivity contribution >= 4 is 5.95 Å². The monoisotopic (exact) mass is 491 g/mol. The van der Waals surface area contributed by atoms with Gasteiger partial charge in [0.25, 0.3) is 0 Å². The van der Waals surface area contributed by atoms with Crippen LogP contribution in [0.4, 0.5) is 5.95 Å². The first-order chi connectivity index (χ1) is 17.7. The molecule has 7 nitrogen and oxygen atoms in total. The molecule has 2 aromatic rings. The highest BCUT2D eigenvalue weighted by Gasteiger charge is 2.43. The average Bonchev–Trinajstić information content (AvgIpc) is 3.67. The SMILES string of the molecule is CCc1cnc(N2CCC(C3CC3CCOc3ccc(CCOCN4CCC4)c(C#N)c3)CC2)nc1.[HH]. The molecule has 3 aliphatic rings. The van der Waals surface area contributed by atoms with E-state index < -0.39 is 0 Å². The van der Waals surface area contributed by atoms with Crippen molar-refractivity contribution in [3.05, 3.63) is 47.3 Å². The summed E-state index contributed by atoms with van der Waals surface area (Å²) in [6, 6.07) is 8.24. The molecule has 0 bridgehead atoms. The number of likely N-dealkylation sites (tertiary alicyclic amines) is 1. The topological polar surface area (TPSA) is 74.5 Å². The minimum absolute atomic E-state index is 0. The lowest BCUT2D eigenvalue weighted by Gasteiger charge is -2.32. The lowest BCUT2D eigenvalue weighted by molar-refractivity contribution is -0.00143. The van der Waals surface area contributed by atoms with Gasteiger partial charge < -0.3 is 14.4 Å². The second-order valence-corrected chi connectivity index (χ2v) is 10.6. The quantitative estimate of drug-likeness (QED) is 0.398. The molecule has 3 heterocycles. The fourth-order valence-electron chi connectivity index (χ4n) is 5.58. The van der Waals surface area contributed by atoms with Crippen LogP contribution in [0.15, 0.2) is 30.6 Å². The van der Waals surface area contributed by atoms with Crippen LogP contribution >= 0.6 is 0 Å². The van der Waals surface area contributed by atoms with E-state index in [4.69, 9.17) is 9.47 Å². The second kappa shape index (κ2) is 12.0. The molecular weight excluding hydrogens is 450 g/mol. The number of hydrogen-bond donors (Lipinski definition) is 0. The van der Waals surface area contributed by atoms with E-state index in [1.165, 1.54) is 31.2 Å². The first-order valence-electron chi connectivity index (χ1n) is 13.7. The van der Waals surface area contributed by atoms with Crippen LogP contribution in [0.2, 0.25) is 0 Å². The van der Waals surface area contributed by atoms with Crippen LogP contribution in [0, 0.1) is 29.1 Å². The third kappa shape index (κ3) is 6.35. The Morgan fingerprint density at radius 3 is 2.61 bits per heavy atom. The highest BCUT2D eigenvalue weighted by molar-refractivity contribution is 5.43. The minimum Gasteiger partial charge on any atom is -0.494 e. The third-order valence-corrected chi connectivity index (χ3v) is 8.20. The summed E-state index contributed by atoms with van der Waals surface area (Å²) >= 11 is 0. The van der Waals surface area contributed by atoms with Crippen LogP contribution in [0.3, 0.4) is 0 Å². The predicted octanol–water partition coefficient (Wildman–Crippen LogP) is 4.70. The van der Waals surface area contributed by atoms with Gasteiger partial charge in [-0.3, -0.25) is 4.90 Å². The Labute approximate surface area is 216 Å². The van der Waals surface area contributed by atoms with Crippen molar-refractivity contribution in [3.63, 3.8) is 0 Å². The van der Waals surface area contributed by atoms with Crippen molar-refractivity contribution in [3.8, 4) is 11.8 Å². The van der Waals surface area contributed by atoms with E-state index >= 15 is 0 Å². The zero-order chi connectivity index (χ0) is 24.7. The maximum Gasteiger partial charge on any atom is 0.225 e. The second-order valence-electron chi connectivity index (χ2n) is 10.6. The Kier molecular flexibility index (Phi) is 8.35. The zero-order valence-electron chi connectivity index (χ0n) is 21.6. The summed E-state index contributed by atoms with van der Waals surface area (Å²) in [5.41, 5.74) is 2.93. The van der Waals surface area contributed by atoms with Gasteiger partial charge in [-0.25, -0.2) is 9.97 Å². The normalized spacial score (nSPS) is 22.2. The van der Waals surface area contributed by atoms with Gasteiger partial charge in [-0.2, -0.15) is 5.26 Å². The summed E-state index contributed by atoms with van der Waals surface area (Å²) in [7, 11) is 0. The van der Waals surface area contributed by atoms with Gasteiger partial charge in [0, 0.05) is 40.0 Å². The third-order valence-electron chi connectivity index (χ3n) is 8.20. The molecule has 2 aliphatic heterocycles. The summed E-state index contributed by atoms with van der Waals surface area (Å²) in [6.07, 6.45) is 11.8. The maximum absolute atomic E-state index is 9.59. The molecule has 5 rings (SSSR count). The zero-order valence-corrected chi connectivity index (χ0v) is 21.6. The fourth-order valence-corrected chi connectivity index (χ4v) is 5.58. The Bertz CT molecular complexity index is 1030. The van der Waals surface area contributed by atoms with E-state index in [-0.39, 0.29) is 1.43 Å². The predicted molar refractivity (Wildman–Crippen MR) is 142 cm³/mol. The molecule has 2 unspecified atom stereocenters. The van der Waals surface area contributed by atoms with Crippen LogP contribution in [0.1, 0.15) is 57.1 Å². The molecule has 3 fully saturated rings. The first kappa shape index (κ1) is 25.0. The lowest BCUT2D eigenvalue weighted by Crippen LogP contribution is -2.38. The van der Waals surface area contributed by atoms with Gasteiger partial charge in [0.2, 0.25) is 5.95 Å². The summed E-state index contributed by atoms with van der Waals surface area (Å²) in [4.78, 5) is 13.7. The van der Waals surface area contributed by atoms with Crippen molar-refractivity contribution < 1.29 is 10.9 Å². The average molecular weight is 492 g/mol. The Morgan fingerprint density at radius 1 is 1.11 bits per heavy atom. The Balaban J connectivity index is 0.00000320. The van der Waals surface area contributed by atoms with E-state index in [0.29, 0.717) is 18.9 Å². The van der Waals surface area contributed by atoms with E-state index in [1.54, 1.807) is 0 Å². The molecule has 2 saturated heterocycles. The van der Waals surface area contributed by atoms with Gasteiger partial charge in [-0.15, -0.1) is 0 Å². The molecule has 1 aromatic heterocycles. The molecular formula is C29H41N5O2. The van der Waals surface area contributed by atoms with Crippen molar-refractivity contribution in [2.75, 3.05) is 51.0 Å². The minimum atomic E-state index is 0. The van der Waals surface area contributed by atoms with Crippen LogP contribution in [0.25, 0.3) is 0 Å². The Hall–Kier alpha value is -2.69. The number of nitriles is 1. The van der Waals surface area contributed by atoms with E-state index in [1.807, 2.05) is 30.6 Å². The first-order valence-corrected chi connectivity index (χ1v) is 13.7. The number of hydrogen-bond acceptors (Lipinski definition) is 7. The summed E-state index contributed by atoms with van der Waals surface area (Å²) in [5, 5.41) is 9.59. The van der Waals surface area contributed by atoms with Crippen LogP contribution in [-0.4, -0.2) is 61.0 Å². The van der Waals surface area contributed by atoms with Crippen molar-refractivity contribution in [1.29, 1.82) is 5.26 Å². The van der Waals surface area contributed by atoms with Crippen LogP contribution < -0.4 is 9.64 Å². The molecule has 194 valence electrons. The molecule has 0 amide bonds. The molecule has 7 heteroatoms. The number of nitrogens with zero attached hydrogens (tertiary/aromatic N) is 5. The van der Waals surface area contributed by atoms with Gasteiger partial charge in [0.05, 0.1) is 31.6 Å². The van der Waals surface area contributed by atoms with Crippen molar-refractivity contribution in [2.45, 2.75) is 51.9 Å². The summed E-state index contributed by atoms with van der Waals surface area (Å²) in [6.45, 7) is 8.59. The number of anilines is 1. The number of piperidine rings is 1. The molecule has 2 atom stereocenters. The standard InChI is InChI=1S/C29H39N5O2.H2/c1-2-22-19-31-29(32-20-22)34-12-6-24(7-13-34)28-17-25(28)9-15-36-27-5-4-23(26(16-27)18-30)8-14-35-21-33-10-3-11-33;/h4-5,16,19-20,24-25,28H,2-3,6-15,17,21H2,1H3;1H. The van der Waals surface area contributed by atoms with E-state index in [0.717, 1.165) is 87.1 Å². The highest BCUT2D eigenvalue weighted by Crippen LogP contribution is 2.49. The number of ether oxygens (including phenoxy) is 2. The lowest BCUT2D eigenvalue weighted by atomic mass is 9.90.